The van der Waals surface area contributed by atoms with Crippen molar-refractivity contribution in [3.63, 3.8) is 0 Å². The molecular weight excluding hydrogens is 422 g/mol. The van der Waals surface area contributed by atoms with Gasteiger partial charge in [-0.2, -0.15) is 0 Å². The van der Waals surface area contributed by atoms with Gasteiger partial charge >= 0.3 is 0 Å². The van der Waals surface area contributed by atoms with Gasteiger partial charge in [0.15, 0.2) is 5.78 Å². The summed E-state index contributed by atoms with van der Waals surface area (Å²) in [5.74, 6) is 7.85. The first-order chi connectivity index (χ1) is 16.3. The molecule has 0 radical (unpaired) electrons. The van der Waals surface area contributed by atoms with E-state index in [1.54, 1.807) is 0 Å². The summed E-state index contributed by atoms with van der Waals surface area (Å²) in [5, 5.41) is 12.0. The second kappa shape index (κ2) is 7.83. The molecule has 4 aliphatic carbocycles. The minimum absolute atomic E-state index is 0.0191. The van der Waals surface area contributed by atoms with Gasteiger partial charge in [0.25, 0.3) is 0 Å². The topological polar surface area (TPSA) is 49.8 Å². The Morgan fingerprint density at radius 3 is 2.59 bits per heavy atom. The van der Waals surface area contributed by atoms with Crippen LogP contribution in [0.2, 0.25) is 0 Å². The molecule has 1 aromatic rings. The fourth-order valence-electron chi connectivity index (χ4n) is 6.97. The van der Waals surface area contributed by atoms with Gasteiger partial charge in [-0.15, -0.1) is 0 Å². The highest BCUT2D eigenvalue weighted by atomic mass is 16.5. The molecule has 5 aliphatic rings. The van der Waals surface area contributed by atoms with E-state index in [-0.39, 0.29) is 29.1 Å². The van der Waals surface area contributed by atoms with Gasteiger partial charge in [0.05, 0.1) is 12.7 Å². The molecule has 0 spiro atoms. The summed E-state index contributed by atoms with van der Waals surface area (Å²) in [5.41, 5.74) is 4.92. The van der Waals surface area contributed by atoms with Crippen LogP contribution in [0.1, 0.15) is 63.4 Å². The van der Waals surface area contributed by atoms with Crippen LogP contribution in [0.15, 0.2) is 47.1 Å². The summed E-state index contributed by atoms with van der Waals surface area (Å²) < 4.78 is 6.58. The summed E-state index contributed by atoms with van der Waals surface area (Å²) in [7, 11) is 4.12. The van der Waals surface area contributed by atoms with Crippen molar-refractivity contribution in [2.24, 2.45) is 17.3 Å². The van der Waals surface area contributed by atoms with E-state index in [0.29, 0.717) is 25.4 Å². The summed E-state index contributed by atoms with van der Waals surface area (Å²) >= 11 is 0. The minimum atomic E-state index is -0.972. The molecule has 0 amide bonds. The Kier molecular flexibility index (Phi) is 5.10. The maximum Gasteiger partial charge on any atom is 0.156 e. The first-order valence-corrected chi connectivity index (χ1v) is 12.9. The minimum Gasteiger partial charge on any atom is -0.378 e. The van der Waals surface area contributed by atoms with Crippen LogP contribution >= 0.6 is 0 Å². The first kappa shape index (κ1) is 22.1. The summed E-state index contributed by atoms with van der Waals surface area (Å²) in [6.07, 6.45) is 8.01. The first-order valence-electron chi connectivity index (χ1n) is 12.9. The van der Waals surface area contributed by atoms with Crippen molar-refractivity contribution in [3.8, 4) is 11.8 Å². The van der Waals surface area contributed by atoms with Crippen LogP contribution in [0.4, 0.5) is 5.69 Å². The summed E-state index contributed by atoms with van der Waals surface area (Å²) in [6, 6.07) is 8.85. The number of carbonyl (C=O) groups is 1. The lowest BCUT2D eigenvalue weighted by Crippen LogP contribution is -2.53. The van der Waals surface area contributed by atoms with Crippen molar-refractivity contribution < 1.29 is 14.6 Å². The highest BCUT2D eigenvalue weighted by Crippen LogP contribution is 2.64. The maximum atomic E-state index is 12.2. The third kappa shape index (κ3) is 3.40. The highest BCUT2D eigenvalue weighted by Gasteiger charge is 2.63. The molecule has 1 heterocycles. The Balaban J connectivity index is 1.48. The molecule has 6 rings (SSSR count). The van der Waals surface area contributed by atoms with Crippen molar-refractivity contribution in [1.82, 2.24) is 0 Å². The third-order valence-electron chi connectivity index (χ3n) is 9.24. The second-order valence-electron chi connectivity index (χ2n) is 11.5. The van der Waals surface area contributed by atoms with E-state index in [2.05, 4.69) is 62.0 Å². The molecule has 5 unspecified atom stereocenters. The fourth-order valence-corrected chi connectivity index (χ4v) is 6.97. The van der Waals surface area contributed by atoms with E-state index in [9.17, 15) is 9.90 Å². The van der Waals surface area contributed by atoms with Crippen molar-refractivity contribution >= 4 is 11.5 Å². The number of carbonyl (C=O) groups excluding carboxylic acids is 1. The fraction of sp³-hybridized carbons (Fsp3) is 0.567. The zero-order chi connectivity index (χ0) is 23.7. The predicted molar refractivity (Wildman–Crippen MR) is 133 cm³/mol. The number of nitrogens with zero attached hydrogens (tertiary/aromatic N) is 1. The van der Waals surface area contributed by atoms with E-state index in [0.717, 1.165) is 24.8 Å². The van der Waals surface area contributed by atoms with Gasteiger partial charge < -0.3 is 14.7 Å². The summed E-state index contributed by atoms with van der Waals surface area (Å²) in [4.78, 5) is 14.3. The molecule has 34 heavy (non-hydrogen) atoms. The van der Waals surface area contributed by atoms with Crippen LogP contribution in [-0.2, 0) is 9.53 Å². The maximum absolute atomic E-state index is 12.2. The molecule has 3 saturated carbocycles. The van der Waals surface area contributed by atoms with Crippen LogP contribution in [0.25, 0.3) is 0 Å². The summed E-state index contributed by atoms with van der Waals surface area (Å²) in [6.45, 7) is 2.76. The Labute approximate surface area is 203 Å². The van der Waals surface area contributed by atoms with Gasteiger partial charge in [0, 0.05) is 43.5 Å². The zero-order valence-electron chi connectivity index (χ0n) is 20.6. The average molecular weight is 458 g/mol. The normalized spacial score (nSPS) is 36.6. The van der Waals surface area contributed by atoms with E-state index < -0.39 is 5.60 Å². The Bertz CT molecular complexity index is 1150. The van der Waals surface area contributed by atoms with Crippen LogP contribution < -0.4 is 4.90 Å². The Morgan fingerprint density at radius 2 is 1.88 bits per heavy atom. The SMILES string of the molecule is CN(C)c1ccc(C2CC3(C)C(CCC3(O)C#CC3CC3)C3OCC4=CC(=O)CCC4=C23)cc1. The number of ether oxygens (including phenoxy) is 1. The number of aliphatic hydroxyl groups is 1. The van der Waals surface area contributed by atoms with Crippen molar-refractivity contribution in [2.45, 2.75) is 69.5 Å². The lowest BCUT2D eigenvalue weighted by molar-refractivity contribution is -0.115. The zero-order valence-corrected chi connectivity index (χ0v) is 20.6. The van der Waals surface area contributed by atoms with Gasteiger partial charge in [0.1, 0.15) is 5.60 Å². The van der Waals surface area contributed by atoms with Gasteiger partial charge in [-0.3, -0.25) is 4.79 Å². The third-order valence-corrected chi connectivity index (χ3v) is 9.24. The van der Waals surface area contributed by atoms with Crippen LogP contribution in [-0.4, -0.2) is 43.3 Å². The quantitative estimate of drug-likeness (QED) is 0.649. The number of ketones is 1. The van der Waals surface area contributed by atoms with E-state index >= 15 is 0 Å². The number of hydrogen-bond donors (Lipinski definition) is 1. The lowest BCUT2D eigenvalue weighted by Gasteiger charge is -2.53. The van der Waals surface area contributed by atoms with E-state index in [1.165, 1.54) is 35.2 Å². The lowest BCUT2D eigenvalue weighted by atomic mass is 9.55. The molecule has 0 bridgehead atoms. The van der Waals surface area contributed by atoms with Gasteiger partial charge in [0.2, 0.25) is 0 Å². The second-order valence-corrected chi connectivity index (χ2v) is 11.5. The molecule has 1 N–H and O–H groups in total. The van der Waals surface area contributed by atoms with E-state index in [1.807, 2.05) is 6.08 Å². The van der Waals surface area contributed by atoms with Crippen LogP contribution in [0.5, 0.6) is 0 Å². The van der Waals surface area contributed by atoms with Crippen molar-refractivity contribution in [1.29, 1.82) is 0 Å². The Morgan fingerprint density at radius 1 is 1.12 bits per heavy atom. The number of anilines is 1. The number of hydrogen-bond acceptors (Lipinski definition) is 4. The molecule has 4 nitrogen and oxygen atoms in total. The average Bonchev–Trinajstić information content (AvgIpc) is 3.62. The molecule has 4 heteroatoms. The number of benzene rings is 1. The van der Waals surface area contributed by atoms with Crippen LogP contribution in [0.3, 0.4) is 0 Å². The Hall–Kier alpha value is -2.35. The molecular formula is C30H35NO3. The van der Waals surface area contributed by atoms with E-state index in [4.69, 9.17) is 4.74 Å². The van der Waals surface area contributed by atoms with Gasteiger partial charge in [-0.25, -0.2) is 0 Å². The number of fused-ring (bicyclic) bond motifs is 4. The smallest absolute Gasteiger partial charge is 0.156 e. The number of rotatable bonds is 2. The molecule has 0 aromatic heterocycles. The highest BCUT2D eigenvalue weighted by molar-refractivity contribution is 5.93. The molecule has 1 aliphatic heterocycles. The molecule has 1 aromatic carbocycles. The molecule has 3 fully saturated rings. The monoisotopic (exact) mass is 457 g/mol. The number of allylic oxidation sites excluding steroid dienone is 1. The van der Waals surface area contributed by atoms with Crippen molar-refractivity contribution in [3.05, 3.63) is 52.6 Å². The largest absolute Gasteiger partial charge is 0.378 e. The standard InChI is InChI=1S/C30H35NO3/c1-29-17-25(20-6-8-22(9-7-20)31(2)3)27-24-11-10-23(32)16-21(24)18-34-28(27)26(29)13-15-30(29,33)14-12-19-4-5-19/h6-9,16,19,25-26,28,33H,4-5,10-11,13,15,17-18H2,1-3H3. The van der Waals surface area contributed by atoms with Gasteiger partial charge in [-0.1, -0.05) is 30.9 Å². The molecule has 178 valence electrons. The van der Waals surface area contributed by atoms with Crippen LogP contribution in [0, 0.1) is 29.1 Å². The molecule has 0 saturated heterocycles. The van der Waals surface area contributed by atoms with Crippen molar-refractivity contribution in [2.75, 3.05) is 25.6 Å². The molecule has 5 atom stereocenters. The predicted octanol–water partition coefficient (Wildman–Crippen LogP) is 4.79. The van der Waals surface area contributed by atoms with Gasteiger partial charge in [-0.05, 0) is 84.9 Å².